The number of carbonyl (C=O) groups is 1. The first-order valence-electron chi connectivity index (χ1n) is 9.52. The molecule has 29 heavy (non-hydrogen) atoms. The topological polar surface area (TPSA) is 87.6 Å². The van der Waals surface area contributed by atoms with Crippen molar-refractivity contribution in [1.29, 1.82) is 0 Å². The third kappa shape index (κ3) is 5.23. The van der Waals surface area contributed by atoms with Gasteiger partial charge in [-0.3, -0.25) is 14.6 Å². The molecule has 1 aliphatic heterocycles. The van der Waals surface area contributed by atoms with Crippen LogP contribution in [0.5, 0.6) is 0 Å². The lowest BCUT2D eigenvalue weighted by Crippen LogP contribution is -2.48. The van der Waals surface area contributed by atoms with E-state index in [-0.39, 0.29) is 5.91 Å². The number of hydrogen-bond acceptors (Lipinski definition) is 7. The number of nitrogens with zero attached hydrogens (tertiary/aromatic N) is 4. The summed E-state index contributed by atoms with van der Waals surface area (Å²) in [5.74, 6) is 1.27. The quantitative estimate of drug-likeness (QED) is 0.634. The first-order valence-corrected chi connectivity index (χ1v) is 9.90. The van der Waals surface area contributed by atoms with Crippen LogP contribution in [0.1, 0.15) is 16.4 Å². The Balaban J connectivity index is 1.19. The lowest BCUT2D eigenvalue weighted by molar-refractivity contribution is 0.0904. The van der Waals surface area contributed by atoms with Crippen LogP contribution in [-0.2, 0) is 6.54 Å². The first-order chi connectivity index (χ1) is 14.2. The summed E-state index contributed by atoms with van der Waals surface area (Å²) in [5.41, 5.74) is 0.856. The molecule has 0 aliphatic carbocycles. The van der Waals surface area contributed by atoms with Gasteiger partial charge in [-0.1, -0.05) is 11.6 Å². The molecule has 0 radical (unpaired) electrons. The molecule has 1 amide bonds. The summed E-state index contributed by atoms with van der Waals surface area (Å²) >= 11 is 5.91. The molecule has 0 bridgehead atoms. The van der Waals surface area contributed by atoms with E-state index < -0.39 is 0 Å². The molecule has 1 fully saturated rings. The number of amides is 1. The maximum atomic E-state index is 11.9. The molecular formula is C20H22ClN5O3. The van der Waals surface area contributed by atoms with Crippen LogP contribution in [0, 0.1) is 0 Å². The van der Waals surface area contributed by atoms with Gasteiger partial charge in [0.25, 0.3) is 5.91 Å². The third-order valence-electron chi connectivity index (χ3n) is 4.84. The Morgan fingerprint density at radius 2 is 1.83 bits per heavy atom. The van der Waals surface area contributed by atoms with Crippen LogP contribution in [0.2, 0.25) is 5.02 Å². The average Bonchev–Trinajstić information content (AvgIpc) is 3.42. The van der Waals surface area contributed by atoms with E-state index in [0.717, 1.165) is 38.3 Å². The van der Waals surface area contributed by atoms with Crippen molar-refractivity contribution in [2.75, 3.05) is 39.3 Å². The van der Waals surface area contributed by atoms with Gasteiger partial charge >= 0.3 is 0 Å². The number of carbonyl (C=O) groups excluding carboxylic acids is 1. The average molecular weight is 416 g/mol. The molecule has 1 aliphatic rings. The smallest absolute Gasteiger partial charge is 0.287 e. The minimum Gasteiger partial charge on any atom is -0.459 e. The van der Waals surface area contributed by atoms with Crippen LogP contribution in [-0.4, -0.2) is 65.2 Å². The van der Waals surface area contributed by atoms with E-state index in [2.05, 4.69) is 25.3 Å². The molecule has 152 valence electrons. The zero-order chi connectivity index (χ0) is 20.1. The number of rotatable bonds is 7. The molecule has 0 saturated carbocycles. The molecule has 1 saturated heterocycles. The van der Waals surface area contributed by atoms with E-state index in [9.17, 15) is 4.79 Å². The summed E-state index contributed by atoms with van der Waals surface area (Å²) in [4.78, 5) is 16.5. The summed E-state index contributed by atoms with van der Waals surface area (Å²) < 4.78 is 10.9. The van der Waals surface area contributed by atoms with E-state index in [1.165, 1.54) is 6.26 Å². The molecular weight excluding hydrogens is 394 g/mol. The van der Waals surface area contributed by atoms with Gasteiger partial charge in [0.2, 0.25) is 11.8 Å². The van der Waals surface area contributed by atoms with Crippen molar-refractivity contribution in [1.82, 2.24) is 25.3 Å². The summed E-state index contributed by atoms with van der Waals surface area (Å²) in [6.07, 6.45) is 1.50. The predicted molar refractivity (Wildman–Crippen MR) is 108 cm³/mol. The van der Waals surface area contributed by atoms with Crippen molar-refractivity contribution in [2.24, 2.45) is 0 Å². The van der Waals surface area contributed by atoms with Crippen LogP contribution < -0.4 is 5.32 Å². The number of aromatic nitrogens is 2. The number of hydrogen-bond donors (Lipinski definition) is 1. The molecule has 8 nitrogen and oxygen atoms in total. The molecule has 3 heterocycles. The van der Waals surface area contributed by atoms with Gasteiger partial charge in [-0.15, -0.1) is 10.2 Å². The molecule has 9 heteroatoms. The monoisotopic (exact) mass is 415 g/mol. The molecule has 0 atom stereocenters. The Morgan fingerprint density at radius 1 is 1.07 bits per heavy atom. The first kappa shape index (κ1) is 19.6. The zero-order valence-electron chi connectivity index (χ0n) is 15.9. The van der Waals surface area contributed by atoms with E-state index in [4.69, 9.17) is 20.4 Å². The lowest BCUT2D eigenvalue weighted by Gasteiger charge is -2.33. The molecule has 3 aromatic rings. The van der Waals surface area contributed by atoms with Gasteiger partial charge in [0.05, 0.1) is 12.8 Å². The number of furan rings is 1. The fourth-order valence-corrected chi connectivity index (χ4v) is 3.34. The largest absolute Gasteiger partial charge is 0.459 e. The van der Waals surface area contributed by atoms with E-state index in [0.29, 0.717) is 35.7 Å². The van der Waals surface area contributed by atoms with Crippen molar-refractivity contribution in [2.45, 2.75) is 6.54 Å². The summed E-state index contributed by atoms with van der Waals surface area (Å²) in [6.45, 7) is 5.69. The second kappa shape index (κ2) is 9.21. The second-order valence-electron chi connectivity index (χ2n) is 6.86. The lowest BCUT2D eigenvalue weighted by atomic mass is 10.2. The highest BCUT2D eigenvalue weighted by molar-refractivity contribution is 6.30. The summed E-state index contributed by atoms with van der Waals surface area (Å²) in [7, 11) is 0. The van der Waals surface area contributed by atoms with Crippen LogP contribution >= 0.6 is 11.6 Å². The van der Waals surface area contributed by atoms with Crippen LogP contribution in [0.3, 0.4) is 0 Å². The Hall–Kier alpha value is -2.68. The Morgan fingerprint density at radius 3 is 2.55 bits per heavy atom. The highest BCUT2D eigenvalue weighted by Crippen LogP contribution is 2.20. The van der Waals surface area contributed by atoms with Crippen molar-refractivity contribution in [3.63, 3.8) is 0 Å². The standard InChI is InChI=1S/C20H22ClN5O3/c21-16-5-3-15(4-6-16)20-24-23-18(29-20)14-26-11-9-25(10-12-26)8-7-22-19(27)17-2-1-13-28-17/h1-6,13H,7-12,14H2,(H,22,27). The fourth-order valence-electron chi connectivity index (χ4n) is 3.21. The van der Waals surface area contributed by atoms with Crippen molar-refractivity contribution >= 4 is 17.5 Å². The van der Waals surface area contributed by atoms with Gasteiger partial charge in [-0.2, -0.15) is 0 Å². The predicted octanol–water partition coefficient (Wildman–Crippen LogP) is 2.53. The van der Waals surface area contributed by atoms with Gasteiger partial charge in [-0.25, -0.2) is 0 Å². The maximum Gasteiger partial charge on any atom is 0.287 e. The number of nitrogens with one attached hydrogen (secondary N) is 1. The zero-order valence-corrected chi connectivity index (χ0v) is 16.6. The normalized spacial score (nSPS) is 15.5. The van der Waals surface area contributed by atoms with Gasteiger partial charge in [0.1, 0.15) is 0 Å². The molecule has 0 spiro atoms. The van der Waals surface area contributed by atoms with E-state index >= 15 is 0 Å². The van der Waals surface area contributed by atoms with Crippen LogP contribution in [0.15, 0.2) is 51.5 Å². The Kier molecular flexibility index (Phi) is 6.24. The van der Waals surface area contributed by atoms with Gasteiger partial charge < -0.3 is 14.2 Å². The van der Waals surface area contributed by atoms with Gasteiger partial charge in [-0.05, 0) is 36.4 Å². The number of halogens is 1. The summed E-state index contributed by atoms with van der Waals surface area (Å²) in [6, 6.07) is 10.7. The van der Waals surface area contributed by atoms with E-state index in [1.54, 1.807) is 24.3 Å². The number of piperazine rings is 1. The minimum atomic E-state index is -0.179. The minimum absolute atomic E-state index is 0.179. The summed E-state index contributed by atoms with van der Waals surface area (Å²) in [5, 5.41) is 11.8. The molecule has 4 rings (SSSR count). The second-order valence-corrected chi connectivity index (χ2v) is 7.30. The fraction of sp³-hybridized carbons (Fsp3) is 0.350. The van der Waals surface area contributed by atoms with Crippen molar-refractivity contribution in [3.05, 3.63) is 59.3 Å². The van der Waals surface area contributed by atoms with Gasteiger partial charge in [0.15, 0.2) is 5.76 Å². The molecule has 2 aromatic heterocycles. The Labute approximate surface area is 173 Å². The van der Waals surface area contributed by atoms with E-state index in [1.807, 2.05) is 12.1 Å². The Bertz CT molecular complexity index is 918. The number of benzene rings is 1. The SMILES string of the molecule is O=C(NCCN1CCN(Cc2nnc(-c3ccc(Cl)cc3)o2)CC1)c1ccco1. The van der Waals surface area contributed by atoms with Crippen LogP contribution in [0.4, 0.5) is 0 Å². The van der Waals surface area contributed by atoms with Crippen molar-refractivity contribution < 1.29 is 13.6 Å². The third-order valence-corrected chi connectivity index (χ3v) is 5.09. The molecule has 1 N–H and O–H groups in total. The van der Waals surface area contributed by atoms with Crippen LogP contribution in [0.25, 0.3) is 11.5 Å². The molecule has 0 unspecified atom stereocenters. The highest BCUT2D eigenvalue weighted by atomic mass is 35.5. The van der Waals surface area contributed by atoms with Crippen molar-refractivity contribution in [3.8, 4) is 11.5 Å². The highest BCUT2D eigenvalue weighted by Gasteiger charge is 2.19. The maximum absolute atomic E-state index is 11.9. The molecule has 1 aromatic carbocycles. The van der Waals surface area contributed by atoms with Gasteiger partial charge in [0, 0.05) is 49.9 Å².